The van der Waals surface area contributed by atoms with Crippen LogP contribution in [0, 0.1) is 5.92 Å². The second-order valence-corrected chi connectivity index (χ2v) is 5.49. The number of hydrogen-bond acceptors (Lipinski definition) is 5. The highest BCUT2D eigenvalue weighted by atomic mass is 16.6. The van der Waals surface area contributed by atoms with Crippen LogP contribution in [0.1, 0.15) is 46.5 Å². The molecule has 0 radical (unpaired) electrons. The van der Waals surface area contributed by atoms with E-state index in [0.717, 1.165) is 19.0 Å². The van der Waals surface area contributed by atoms with Crippen molar-refractivity contribution in [2.45, 2.75) is 52.6 Å². The van der Waals surface area contributed by atoms with Crippen LogP contribution in [0.4, 0.5) is 0 Å². The summed E-state index contributed by atoms with van der Waals surface area (Å²) in [5, 5.41) is 0. The molecule has 0 spiro atoms. The standard InChI is InChI=1S/C15H27NO4/c1-4-14(17)19-11-13(20-15(18)5-2)10-16-8-6-12(3)7-9-16/h12-13H,4-11H2,1-3H3. The molecule has 116 valence electrons. The van der Waals surface area contributed by atoms with Crippen molar-refractivity contribution in [3.63, 3.8) is 0 Å². The third kappa shape index (κ3) is 6.37. The molecule has 1 aliphatic heterocycles. The summed E-state index contributed by atoms with van der Waals surface area (Å²) < 4.78 is 10.5. The number of carbonyl (C=O) groups excluding carboxylic acids is 2. The largest absolute Gasteiger partial charge is 0.462 e. The van der Waals surface area contributed by atoms with E-state index in [2.05, 4.69) is 11.8 Å². The summed E-state index contributed by atoms with van der Waals surface area (Å²) in [5.41, 5.74) is 0. The van der Waals surface area contributed by atoms with Crippen LogP contribution in [-0.4, -0.2) is 49.2 Å². The summed E-state index contributed by atoms with van der Waals surface area (Å²) in [6, 6.07) is 0. The molecule has 1 fully saturated rings. The Kier molecular flexibility index (Phi) is 7.59. The van der Waals surface area contributed by atoms with Crippen LogP contribution >= 0.6 is 0 Å². The molecule has 1 aliphatic rings. The van der Waals surface area contributed by atoms with Gasteiger partial charge in [0.05, 0.1) is 0 Å². The molecule has 20 heavy (non-hydrogen) atoms. The zero-order valence-electron chi connectivity index (χ0n) is 12.9. The van der Waals surface area contributed by atoms with Gasteiger partial charge in [0, 0.05) is 19.4 Å². The maximum absolute atomic E-state index is 11.4. The molecule has 0 bridgehead atoms. The fourth-order valence-electron chi connectivity index (χ4n) is 2.21. The van der Waals surface area contributed by atoms with E-state index in [1.54, 1.807) is 13.8 Å². The third-order valence-corrected chi connectivity index (χ3v) is 3.64. The number of likely N-dealkylation sites (tertiary alicyclic amines) is 1. The van der Waals surface area contributed by atoms with Crippen LogP contribution in [-0.2, 0) is 19.1 Å². The van der Waals surface area contributed by atoms with Crippen molar-refractivity contribution in [1.29, 1.82) is 0 Å². The highest BCUT2D eigenvalue weighted by Gasteiger charge is 2.22. The minimum Gasteiger partial charge on any atom is -0.462 e. The quantitative estimate of drug-likeness (QED) is 0.670. The van der Waals surface area contributed by atoms with Gasteiger partial charge in [0.25, 0.3) is 0 Å². The fraction of sp³-hybridized carbons (Fsp3) is 0.867. The van der Waals surface area contributed by atoms with E-state index in [1.165, 1.54) is 12.8 Å². The lowest BCUT2D eigenvalue weighted by Gasteiger charge is -2.32. The van der Waals surface area contributed by atoms with Crippen molar-refractivity contribution < 1.29 is 19.1 Å². The smallest absolute Gasteiger partial charge is 0.305 e. The molecule has 5 nitrogen and oxygen atoms in total. The van der Waals surface area contributed by atoms with Crippen LogP contribution in [0.5, 0.6) is 0 Å². The first-order chi connectivity index (χ1) is 9.55. The van der Waals surface area contributed by atoms with Crippen LogP contribution < -0.4 is 0 Å². The average molecular weight is 285 g/mol. The normalized spacial score (nSPS) is 18.6. The number of esters is 2. The van der Waals surface area contributed by atoms with E-state index in [0.29, 0.717) is 19.4 Å². The zero-order chi connectivity index (χ0) is 15.0. The summed E-state index contributed by atoms with van der Waals surface area (Å²) in [4.78, 5) is 25.0. The Bertz CT molecular complexity index is 311. The topological polar surface area (TPSA) is 55.8 Å². The number of hydrogen-bond donors (Lipinski definition) is 0. The first-order valence-corrected chi connectivity index (χ1v) is 7.62. The van der Waals surface area contributed by atoms with Gasteiger partial charge in [-0.2, -0.15) is 0 Å². The first kappa shape index (κ1) is 17.0. The lowest BCUT2D eigenvalue weighted by Crippen LogP contribution is -2.42. The van der Waals surface area contributed by atoms with Crippen molar-refractivity contribution in [3.05, 3.63) is 0 Å². The SMILES string of the molecule is CCC(=O)OCC(CN1CCC(C)CC1)OC(=O)CC. The van der Waals surface area contributed by atoms with Crippen LogP contribution in [0.25, 0.3) is 0 Å². The summed E-state index contributed by atoms with van der Waals surface area (Å²) >= 11 is 0. The molecule has 5 heteroatoms. The number of nitrogens with zero attached hydrogens (tertiary/aromatic N) is 1. The van der Waals surface area contributed by atoms with Gasteiger partial charge in [-0.15, -0.1) is 0 Å². The lowest BCUT2D eigenvalue weighted by atomic mass is 9.99. The van der Waals surface area contributed by atoms with Crippen molar-refractivity contribution in [2.75, 3.05) is 26.2 Å². The van der Waals surface area contributed by atoms with Crippen molar-refractivity contribution in [1.82, 2.24) is 4.90 Å². The van der Waals surface area contributed by atoms with Gasteiger partial charge < -0.3 is 9.47 Å². The van der Waals surface area contributed by atoms with Crippen LogP contribution in [0.2, 0.25) is 0 Å². The molecule has 1 saturated heterocycles. The van der Waals surface area contributed by atoms with E-state index in [9.17, 15) is 9.59 Å². The molecule has 1 rings (SSSR count). The van der Waals surface area contributed by atoms with Crippen molar-refractivity contribution in [3.8, 4) is 0 Å². The van der Waals surface area contributed by atoms with Gasteiger partial charge in [0.2, 0.25) is 0 Å². The Morgan fingerprint density at radius 3 is 2.30 bits per heavy atom. The predicted octanol–water partition coefficient (Wildman–Crippen LogP) is 1.99. The second-order valence-electron chi connectivity index (χ2n) is 5.49. The van der Waals surface area contributed by atoms with Gasteiger partial charge in [-0.25, -0.2) is 0 Å². The fourth-order valence-corrected chi connectivity index (χ4v) is 2.21. The Balaban J connectivity index is 2.44. The lowest BCUT2D eigenvalue weighted by molar-refractivity contribution is -0.160. The average Bonchev–Trinajstić information content (AvgIpc) is 2.46. The molecular formula is C15H27NO4. The van der Waals surface area contributed by atoms with E-state index in [-0.39, 0.29) is 24.6 Å². The first-order valence-electron chi connectivity index (χ1n) is 7.62. The molecule has 1 atom stereocenters. The van der Waals surface area contributed by atoms with Gasteiger partial charge in [-0.1, -0.05) is 20.8 Å². The Hall–Kier alpha value is -1.10. The maximum Gasteiger partial charge on any atom is 0.305 e. The molecule has 0 aromatic rings. The van der Waals surface area contributed by atoms with Crippen molar-refractivity contribution in [2.24, 2.45) is 5.92 Å². The molecule has 0 amide bonds. The molecule has 0 aromatic heterocycles. The maximum atomic E-state index is 11.4. The van der Waals surface area contributed by atoms with E-state index >= 15 is 0 Å². The zero-order valence-corrected chi connectivity index (χ0v) is 12.9. The Morgan fingerprint density at radius 2 is 1.75 bits per heavy atom. The monoisotopic (exact) mass is 285 g/mol. The van der Waals surface area contributed by atoms with Gasteiger partial charge in [0.15, 0.2) is 0 Å². The second kappa shape index (κ2) is 8.95. The highest BCUT2D eigenvalue weighted by Crippen LogP contribution is 2.16. The molecule has 0 aliphatic carbocycles. The predicted molar refractivity (Wildman–Crippen MR) is 76.3 cm³/mol. The number of carbonyl (C=O) groups is 2. The minimum atomic E-state index is -0.355. The summed E-state index contributed by atoms with van der Waals surface area (Å²) in [7, 11) is 0. The Labute approximate surface area is 121 Å². The summed E-state index contributed by atoms with van der Waals surface area (Å²) in [5.74, 6) is 0.267. The van der Waals surface area contributed by atoms with Crippen molar-refractivity contribution >= 4 is 11.9 Å². The van der Waals surface area contributed by atoms with E-state index in [4.69, 9.17) is 9.47 Å². The van der Waals surface area contributed by atoms with E-state index in [1.807, 2.05) is 0 Å². The van der Waals surface area contributed by atoms with Gasteiger partial charge in [-0.05, 0) is 31.8 Å². The van der Waals surface area contributed by atoms with Crippen LogP contribution in [0.3, 0.4) is 0 Å². The minimum absolute atomic E-state index is 0.157. The Morgan fingerprint density at radius 1 is 1.15 bits per heavy atom. The third-order valence-electron chi connectivity index (χ3n) is 3.64. The number of ether oxygens (including phenoxy) is 2. The van der Waals surface area contributed by atoms with E-state index < -0.39 is 0 Å². The molecule has 0 N–H and O–H groups in total. The van der Waals surface area contributed by atoms with Gasteiger partial charge in [0.1, 0.15) is 12.7 Å². The summed E-state index contributed by atoms with van der Waals surface area (Å²) in [6.07, 6.45) is 2.67. The molecular weight excluding hydrogens is 258 g/mol. The van der Waals surface area contributed by atoms with Gasteiger partial charge >= 0.3 is 11.9 Å². The highest BCUT2D eigenvalue weighted by molar-refractivity contribution is 5.70. The molecule has 0 saturated carbocycles. The summed E-state index contributed by atoms with van der Waals surface area (Å²) in [6.45, 7) is 8.61. The number of piperidine rings is 1. The molecule has 0 aromatic carbocycles. The van der Waals surface area contributed by atoms with Crippen LogP contribution in [0.15, 0.2) is 0 Å². The molecule has 1 unspecified atom stereocenters. The molecule has 1 heterocycles. The van der Waals surface area contributed by atoms with Gasteiger partial charge in [-0.3, -0.25) is 14.5 Å². The number of rotatable bonds is 7.